The number of hydrogen-bond donors (Lipinski definition) is 2. The summed E-state index contributed by atoms with van der Waals surface area (Å²) in [5.41, 5.74) is -2.06. The first-order chi connectivity index (χ1) is 15.0. The van der Waals surface area contributed by atoms with E-state index in [1.165, 1.54) is 4.90 Å². The number of rotatable bonds is 2. The minimum Gasteiger partial charge on any atom is -0.337 e. The molecule has 1 saturated heterocycles. The van der Waals surface area contributed by atoms with E-state index in [4.69, 9.17) is 0 Å². The van der Waals surface area contributed by atoms with Crippen LogP contribution in [0, 0.1) is 5.82 Å². The second kappa shape index (κ2) is 8.05. The fraction of sp³-hybridized carbons (Fsp3) is 0.500. The number of carbonyl (C=O) groups is 1. The highest BCUT2D eigenvalue weighted by molar-refractivity contribution is 5.94. The molecular formula is C20H19F7N4O. The fourth-order valence-electron chi connectivity index (χ4n) is 4.36. The van der Waals surface area contributed by atoms with Gasteiger partial charge in [-0.2, -0.15) is 31.4 Å². The zero-order chi connectivity index (χ0) is 23.3. The molecule has 2 aromatic rings. The Kier molecular flexibility index (Phi) is 5.68. The number of benzene rings is 1. The van der Waals surface area contributed by atoms with Crippen molar-refractivity contribution in [2.24, 2.45) is 0 Å². The lowest BCUT2D eigenvalue weighted by Gasteiger charge is -2.33. The summed E-state index contributed by atoms with van der Waals surface area (Å²) < 4.78 is 93.7. The van der Waals surface area contributed by atoms with Gasteiger partial charge in [-0.25, -0.2) is 4.39 Å². The number of nitrogens with one attached hydrogen (secondary N) is 2. The number of fused-ring (bicyclic) bond motifs is 1. The summed E-state index contributed by atoms with van der Waals surface area (Å²) in [7, 11) is 0. The SMILES string of the molecule is O=C(c1n[nH]c2c1CNCC2)N1CCC(c2cc(C(F)(F)F)cc(F)c2C(F)(F)F)CC1. The lowest BCUT2D eigenvalue weighted by molar-refractivity contribution is -0.144. The van der Waals surface area contributed by atoms with Gasteiger partial charge < -0.3 is 10.2 Å². The maximum absolute atomic E-state index is 14.1. The van der Waals surface area contributed by atoms with Crippen LogP contribution in [0.1, 0.15) is 57.2 Å². The van der Waals surface area contributed by atoms with Crippen LogP contribution in [-0.2, 0) is 25.3 Å². The molecule has 2 N–H and O–H groups in total. The summed E-state index contributed by atoms with van der Waals surface area (Å²) in [5.74, 6) is -3.31. The van der Waals surface area contributed by atoms with Gasteiger partial charge in [0.05, 0.1) is 11.1 Å². The first-order valence-corrected chi connectivity index (χ1v) is 10.0. The molecule has 0 atom stereocenters. The van der Waals surface area contributed by atoms with E-state index < -0.39 is 46.7 Å². The predicted molar refractivity (Wildman–Crippen MR) is 98.3 cm³/mol. The number of carbonyl (C=O) groups excluding carboxylic acids is 1. The lowest BCUT2D eigenvalue weighted by atomic mass is 9.84. The van der Waals surface area contributed by atoms with E-state index in [1.54, 1.807) is 0 Å². The Hall–Kier alpha value is -2.63. The van der Waals surface area contributed by atoms with Gasteiger partial charge >= 0.3 is 12.4 Å². The summed E-state index contributed by atoms with van der Waals surface area (Å²) in [6.45, 7) is 1.24. The molecule has 4 rings (SSSR count). The highest BCUT2D eigenvalue weighted by Crippen LogP contribution is 2.43. The number of aromatic amines is 1. The van der Waals surface area contributed by atoms with Crippen LogP contribution in [0.15, 0.2) is 12.1 Å². The van der Waals surface area contributed by atoms with Crippen molar-refractivity contribution in [3.63, 3.8) is 0 Å². The molecule has 0 bridgehead atoms. The Morgan fingerprint density at radius 2 is 1.75 bits per heavy atom. The minimum atomic E-state index is -5.14. The topological polar surface area (TPSA) is 61.0 Å². The van der Waals surface area contributed by atoms with Crippen LogP contribution in [0.4, 0.5) is 30.7 Å². The molecule has 1 aromatic carbocycles. The van der Waals surface area contributed by atoms with Crippen molar-refractivity contribution in [2.75, 3.05) is 19.6 Å². The van der Waals surface area contributed by atoms with Gasteiger partial charge in [0.25, 0.3) is 5.91 Å². The van der Waals surface area contributed by atoms with Gasteiger partial charge in [0.2, 0.25) is 0 Å². The van der Waals surface area contributed by atoms with Crippen LogP contribution in [0.5, 0.6) is 0 Å². The van der Waals surface area contributed by atoms with E-state index in [0.29, 0.717) is 19.0 Å². The zero-order valence-corrected chi connectivity index (χ0v) is 16.6. The van der Waals surface area contributed by atoms with E-state index >= 15 is 0 Å². The van der Waals surface area contributed by atoms with Crippen molar-refractivity contribution in [1.29, 1.82) is 0 Å². The number of hydrogen-bond acceptors (Lipinski definition) is 3. The first-order valence-electron chi connectivity index (χ1n) is 10.0. The van der Waals surface area contributed by atoms with Crippen molar-refractivity contribution in [1.82, 2.24) is 20.4 Å². The average molecular weight is 464 g/mol. The predicted octanol–water partition coefficient (Wildman–Crippen LogP) is 4.25. The van der Waals surface area contributed by atoms with Crippen LogP contribution >= 0.6 is 0 Å². The van der Waals surface area contributed by atoms with Crippen LogP contribution in [0.3, 0.4) is 0 Å². The van der Waals surface area contributed by atoms with E-state index in [9.17, 15) is 35.5 Å². The van der Waals surface area contributed by atoms with Crippen LogP contribution < -0.4 is 5.32 Å². The van der Waals surface area contributed by atoms with Crippen molar-refractivity contribution >= 4 is 5.91 Å². The maximum Gasteiger partial charge on any atom is 0.419 e. The summed E-state index contributed by atoms with van der Waals surface area (Å²) in [5, 5.41) is 10.0. The first kappa shape index (κ1) is 22.6. The quantitative estimate of drug-likeness (QED) is 0.654. The Morgan fingerprint density at radius 3 is 2.38 bits per heavy atom. The number of alkyl halides is 6. The largest absolute Gasteiger partial charge is 0.419 e. The molecule has 2 aliphatic rings. The molecule has 0 aliphatic carbocycles. The van der Waals surface area contributed by atoms with Crippen LogP contribution in [-0.4, -0.2) is 40.6 Å². The number of piperidine rings is 1. The molecular weight excluding hydrogens is 445 g/mol. The smallest absolute Gasteiger partial charge is 0.337 e. The van der Waals surface area contributed by atoms with Crippen molar-refractivity contribution in [2.45, 2.75) is 44.1 Å². The molecule has 3 heterocycles. The van der Waals surface area contributed by atoms with Gasteiger partial charge in [0.15, 0.2) is 5.69 Å². The number of halogens is 7. The Labute approximate surface area is 178 Å². The number of likely N-dealkylation sites (tertiary alicyclic amines) is 1. The summed E-state index contributed by atoms with van der Waals surface area (Å²) in [6, 6.07) is 0.254. The highest BCUT2D eigenvalue weighted by atomic mass is 19.4. The summed E-state index contributed by atoms with van der Waals surface area (Å²) >= 11 is 0. The zero-order valence-electron chi connectivity index (χ0n) is 16.6. The molecule has 32 heavy (non-hydrogen) atoms. The van der Waals surface area contributed by atoms with E-state index in [-0.39, 0.29) is 37.7 Å². The van der Waals surface area contributed by atoms with Gasteiger partial charge in [-0.15, -0.1) is 0 Å². The van der Waals surface area contributed by atoms with E-state index in [1.807, 2.05) is 0 Å². The molecule has 1 amide bonds. The van der Waals surface area contributed by atoms with E-state index in [2.05, 4.69) is 15.5 Å². The van der Waals surface area contributed by atoms with Gasteiger partial charge in [-0.05, 0) is 36.5 Å². The number of aromatic nitrogens is 2. The van der Waals surface area contributed by atoms with Gasteiger partial charge in [0.1, 0.15) is 5.82 Å². The molecule has 12 heteroatoms. The molecule has 0 spiro atoms. The van der Waals surface area contributed by atoms with Crippen molar-refractivity contribution < 1.29 is 35.5 Å². The number of amides is 1. The molecule has 0 radical (unpaired) electrons. The van der Waals surface area contributed by atoms with Gasteiger partial charge in [-0.3, -0.25) is 9.89 Å². The number of nitrogens with zero attached hydrogens (tertiary/aromatic N) is 2. The second-order valence-corrected chi connectivity index (χ2v) is 7.94. The average Bonchev–Trinajstić information content (AvgIpc) is 3.15. The normalized spacial score (nSPS) is 18.0. The highest BCUT2D eigenvalue weighted by Gasteiger charge is 2.42. The van der Waals surface area contributed by atoms with Crippen LogP contribution in [0.2, 0.25) is 0 Å². The maximum atomic E-state index is 14.1. The third-order valence-corrected chi connectivity index (χ3v) is 5.96. The van der Waals surface area contributed by atoms with Crippen molar-refractivity contribution in [3.8, 4) is 0 Å². The molecule has 174 valence electrons. The summed E-state index contributed by atoms with van der Waals surface area (Å²) in [6.07, 6.45) is -9.50. The summed E-state index contributed by atoms with van der Waals surface area (Å²) in [4.78, 5) is 14.3. The molecule has 5 nitrogen and oxygen atoms in total. The third-order valence-electron chi connectivity index (χ3n) is 5.96. The molecule has 1 aromatic heterocycles. The van der Waals surface area contributed by atoms with E-state index in [0.717, 1.165) is 17.8 Å². The lowest BCUT2D eigenvalue weighted by Crippen LogP contribution is -2.39. The monoisotopic (exact) mass is 464 g/mol. The second-order valence-electron chi connectivity index (χ2n) is 7.94. The van der Waals surface area contributed by atoms with Gasteiger partial charge in [-0.1, -0.05) is 0 Å². The molecule has 0 unspecified atom stereocenters. The van der Waals surface area contributed by atoms with Crippen LogP contribution in [0.25, 0.3) is 0 Å². The third kappa shape index (κ3) is 4.19. The minimum absolute atomic E-state index is 0.0216. The standard InChI is InChI=1S/C20H19F7N4O/c21-14-8-11(19(22,23)24)7-12(16(14)20(25,26)27)10-2-5-31(6-3-10)18(32)17-13-9-28-4-1-15(13)29-30-17/h7-8,10,28H,1-6,9H2,(H,29,30). The molecule has 1 fully saturated rings. The van der Waals surface area contributed by atoms with Gasteiger partial charge in [0, 0.05) is 43.9 Å². The Bertz CT molecular complexity index is 1020. The number of H-pyrrole nitrogens is 1. The molecule has 2 aliphatic heterocycles. The Morgan fingerprint density at radius 1 is 1.06 bits per heavy atom. The Balaban J connectivity index is 1.57. The van der Waals surface area contributed by atoms with Crippen molar-refractivity contribution in [3.05, 3.63) is 51.6 Å². The fourth-order valence-corrected chi connectivity index (χ4v) is 4.36. The molecule has 0 saturated carbocycles.